The highest BCUT2D eigenvalue weighted by Gasteiger charge is 2.19. The van der Waals surface area contributed by atoms with Crippen LogP contribution in [0.5, 0.6) is 0 Å². The molecule has 0 saturated carbocycles. The fraction of sp³-hybridized carbons (Fsp3) is 0.0588. The van der Waals surface area contributed by atoms with E-state index < -0.39 is 10.1 Å². The van der Waals surface area contributed by atoms with Crippen LogP contribution in [0.2, 0.25) is 0 Å². The third-order valence-corrected chi connectivity index (χ3v) is 4.34. The lowest BCUT2D eigenvalue weighted by atomic mass is 10.0. The Hall–Kier alpha value is -2.57. The molecule has 0 amide bonds. The van der Waals surface area contributed by atoms with Crippen LogP contribution < -0.4 is 0 Å². The van der Waals surface area contributed by atoms with Crippen LogP contribution in [0.25, 0.3) is 22.5 Å². The summed E-state index contributed by atoms with van der Waals surface area (Å²) in [5, 5.41) is 0. The molecule has 0 atom stereocenters. The van der Waals surface area contributed by atoms with Gasteiger partial charge in [-0.2, -0.15) is 8.42 Å². The van der Waals surface area contributed by atoms with Crippen LogP contribution in [-0.2, 0) is 10.1 Å². The molecule has 23 heavy (non-hydrogen) atoms. The van der Waals surface area contributed by atoms with Gasteiger partial charge in [-0.15, -0.1) is 0 Å². The minimum atomic E-state index is -4.40. The molecule has 3 rings (SSSR count). The standard InChI is InChI=1S/C17H14N2O3S/c1-12-3-5-13(6-4-12)14-7-8-15(16(11-14)23(20,21)22)17-18-9-2-10-19-17/h2-11H,1H3,(H,20,21,22). The average molecular weight is 326 g/mol. The summed E-state index contributed by atoms with van der Waals surface area (Å²) in [5.41, 5.74) is 2.93. The summed E-state index contributed by atoms with van der Waals surface area (Å²) in [6.45, 7) is 1.98. The first kappa shape index (κ1) is 15.3. The lowest BCUT2D eigenvalue weighted by Crippen LogP contribution is -2.03. The van der Waals surface area contributed by atoms with E-state index in [1.54, 1.807) is 18.2 Å². The first-order chi connectivity index (χ1) is 10.9. The third kappa shape index (κ3) is 3.28. The molecule has 5 nitrogen and oxygen atoms in total. The molecule has 0 fully saturated rings. The van der Waals surface area contributed by atoms with Gasteiger partial charge in [-0.3, -0.25) is 4.55 Å². The highest BCUT2D eigenvalue weighted by atomic mass is 32.2. The van der Waals surface area contributed by atoms with Crippen LogP contribution in [-0.4, -0.2) is 22.9 Å². The van der Waals surface area contributed by atoms with Crippen molar-refractivity contribution in [3.63, 3.8) is 0 Å². The second-order valence-corrected chi connectivity index (χ2v) is 6.51. The number of aryl methyl sites for hydroxylation is 1. The zero-order chi connectivity index (χ0) is 16.4. The normalized spacial score (nSPS) is 11.4. The van der Waals surface area contributed by atoms with Crippen molar-refractivity contribution >= 4 is 10.1 Å². The lowest BCUT2D eigenvalue weighted by molar-refractivity contribution is 0.483. The Labute approximate surface area is 134 Å². The van der Waals surface area contributed by atoms with Gasteiger partial charge < -0.3 is 0 Å². The number of benzene rings is 2. The van der Waals surface area contributed by atoms with Crippen LogP contribution in [0.1, 0.15) is 5.56 Å². The third-order valence-electron chi connectivity index (χ3n) is 3.45. The van der Waals surface area contributed by atoms with E-state index in [2.05, 4.69) is 9.97 Å². The molecule has 0 spiro atoms. The Bertz CT molecular complexity index is 937. The Kier molecular flexibility index (Phi) is 3.94. The van der Waals surface area contributed by atoms with E-state index >= 15 is 0 Å². The SMILES string of the molecule is Cc1ccc(-c2ccc(-c3ncccn3)c(S(=O)(=O)O)c2)cc1. The van der Waals surface area contributed by atoms with Gasteiger partial charge in [0.05, 0.1) is 0 Å². The van der Waals surface area contributed by atoms with Gasteiger partial charge in [0, 0.05) is 18.0 Å². The van der Waals surface area contributed by atoms with Crippen molar-refractivity contribution in [2.75, 3.05) is 0 Å². The second-order valence-electron chi connectivity index (χ2n) is 5.12. The zero-order valence-electron chi connectivity index (χ0n) is 12.3. The lowest BCUT2D eigenvalue weighted by Gasteiger charge is -2.09. The molecule has 3 aromatic rings. The maximum Gasteiger partial charge on any atom is 0.295 e. The van der Waals surface area contributed by atoms with Gasteiger partial charge in [0.2, 0.25) is 0 Å². The molecule has 0 aliphatic rings. The quantitative estimate of drug-likeness (QED) is 0.746. The second kappa shape index (κ2) is 5.91. The maximum atomic E-state index is 11.8. The van der Waals surface area contributed by atoms with Gasteiger partial charge in [0.1, 0.15) is 4.90 Å². The van der Waals surface area contributed by atoms with Crippen molar-refractivity contribution in [3.05, 3.63) is 66.5 Å². The van der Waals surface area contributed by atoms with E-state index in [1.807, 2.05) is 31.2 Å². The van der Waals surface area contributed by atoms with E-state index in [4.69, 9.17) is 0 Å². The summed E-state index contributed by atoms with van der Waals surface area (Å²) in [6, 6.07) is 14.1. The smallest absolute Gasteiger partial charge is 0.282 e. The molecule has 0 radical (unpaired) electrons. The molecule has 0 aliphatic heterocycles. The molecule has 0 bridgehead atoms. The summed E-state index contributed by atoms with van der Waals surface area (Å²) in [5.74, 6) is 0.246. The molecule has 116 valence electrons. The van der Waals surface area contributed by atoms with Crippen molar-refractivity contribution in [2.24, 2.45) is 0 Å². The van der Waals surface area contributed by atoms with E-state index in [1.165, 1.54) is 18.5 Å². The highest BCUT2D eigenvalue weighted by Crippen LogP contribution is 2.30. The van der Waals surface area contributed by atoms with E-state index in [9.17, 15) is 13.0 Å². The van der Waals surface area contributed by atoms with Crippen LogP contribution in [0.4, 0.5) is 0 Å². The summed E-state index contributed by atoms with van der Waals surface area (Å²) in [4.78, 5) is 7.89. The molecule has 1 heterocycles. The minimum Gasteiger partial charge on any atom is -0.282 e. The molecule has 0 aliphatic carbocycles. The van der Waals surface area contributed by atoms with Gasteiger partial charge in [-0.1, -0.05) is 35.9 Å². The Morgan fingerprint density at radius 1 is 0.913 bits per heavy atom. The maximum absolute atomic E-state index is 11.8. The Morgan fingerprint density at radius 3 is 2.13 bits per heavy atom. The van der Waals surface area contributed by atoms with Crippen LogP contribution in [0.3, 0.4) is 0 Å². The van der Waals surface area contributed by atoms with E-state index in [0.717, 1.165) is 11.1 Å². The van der Waals surface area contributed by atoms with Crippen LogP contribution >= 0.6 is 0 Å². The van der Waals surface area contributed by atoms with Gasteiger partial charge in [-0.05, 0) is 36.2 Å². The number of hydrogen-bond donors (Lipinski definition) is 1. The van der Waals surface area contributed by atoms with Crippen LogP contribution in [0, 0.1) is 6.92 Å². The molecule has 1 N–H and O–H groups in total. The number of hydrogen-bond acceptors (Lipinski definition) is 4. The molecule has 0 saturated heterocycles. The molecule has 2 aromatic carbocycles. The van der Waals surface area contributed by atoms with Gasteiger partial charge in [0.15, 0.2) is 5.82 Å². The van der Waals surface area contributed by atoms with Crippen molar-refractivity contribution in [1.82, 2.24) is 9.97 Å². The molecular weight excluding hydrogens is 312 g/mol. The van der Waals surface area contributed by atoms with Crippen molar-refractivity contribution in [1.29, 1.82) is 0 Å². The van der Waals surface area contributed by atoms with Crippen molar-refractivity contribution in [3.8, 4) is 22.5 Å². The predicted octanol–water partition coefficient (Wildman–Crippen LogP) is 3.37. The molecule has 6 heteroatoms. The average Bonchev–Trinajstić information content (AvgIpc) is 2.55. The molecule has 1 aromatic heterocycles. The largest absolute Gasteiger partial charge is 0.295 e. The summed E-state index contributed by atoms with van der Waals surface area (Å²) in [7, 11) is -4.40. The van der Waals surface area contributed by atoms with Gasteiger partial charge >= 0.3 is 0 Å². The fourth-order valence-corrected chi connectivity index (χ4v) is 3.00. The van der Waals surface area contributed by atoms with Gasteiger partial charge in [-0.25, -0.2) is 9.97 Å². The zero-order valence-corrected chi connectivity index (χ0v) is 13.2. The molecule has 0 unspecified atom stereocenters. The summed E-state index contributed by atoms with van der Waals surface area (Å²) >= 11 is 0. The van der Waals surface area contributed by atoms with Crippen LogP contribution in [0.15, 0.2) is 65.8 Å². The topological polar surface area (TPSA) is 80.2 Å². The fourth-order valence-electron chi connectivity index (χ4n) is 2.28. The number of aromatic nitrogens is 2. The summed E-state index contributed by atoms with van der Waals surface area (Å²) < 4.78 is 33.1. The van der Waals surface area contributed by atoms with E-state index in [-0.39, 0.29) is 16.3 Å². The van der Waals surface area contributed by atoms with Gasteiger partial charge in [0.25, 0.3) is 10.1 Å². The number of rotatable bonds is 3. The first-order valence-corrected chi connectivity index (χ1v) is 8.35. The predicted molar refractivity (Wildman–Crippen MR) is 87.5 cm³/mol. The minimum absolute atomic E-state index is 0.207. The van der Waals surface area contributed by atoms with Crippen molar-refractivity contribution in [2.45, 2.75) is 11.8 Å². The Morgan fingerprint density at radius 2 is 1.52 bits per heavy atom. The monoisotopic (exact) mass is 326 g/mol. The van der Waals surface area contributed by atoms with Crippen molar-refractivity contribution < 1.29 is 13.0 Å². The number of nitrogens with zero attached hydrogens (tertiary/aromatic N) is 2. The molecular formula is C17H14N2O3S. The highest BCUT2D eigenvalue weighted by molar-refractivity contribution is 7.86. The summed E-state index contributed by atoms with van der Waals surface area (Å²) in [6.07, 6.45) is 3.04. The Balaban J connectivity index is 2.19. The van der Waals surface area contributed by atoms with E-state index in [0.29, 0.717) is 5.56 Å². The first-order valence-electron chi connectivity index (χ1n) is 6.91.